The second-order valence-corrected chi connectivity index (χ2v) is 5.36. The van der Waals surface area contributed by atoms with Crippen molar-refractivity contribution in [3.05, 3.63) is 70.5 Å². The predicted molar refractivity (Wildman–Crippen MR) is 82.5 cm³/mol. The fraction of sp³-hybridized carbons (Fsp3) is 0.333. The number of nitrogens with one attached hydrogen (secondary N) is 1. The van der Waals surface area contributed by atoms with Crippen LogP contribution in [-0.2, 0) is 0 Å². The second-order valence-electron chi connectivity index (χ2n) is 5.36. The number of hydrogen-bond donors (Lipinski definition) is 1. The van der Waals surface area contributed by atoms with Gasteiger partial charge in [-0.05, 0) is 55.6 Å². The van der Waals surface area contributed by atoms with E-state index in [0.717, 1.165) is 24.1 Å². The molecule has 0 spiro atoms. The topological polar surface area (TPSA) is 12.0 Å². The Bertz CT molecular complexity index is 540. The zero-order valence-electron chi connectivity index (χ0n) is 12.4. The summed E-state index contributed by atoms with van der Waals surface area (Å²) in [5, 5.41) is 3.51. The smallest absolute Gasteiger partial charge is 0.123 e. The highest BCUT2D eigenvalue weighted by Gasteiger charge is 2.14. The molecular weight excluding hydrogens is 249 g/mol. The van der Waals surface area contributed by atoms with Crippen LogP contribution in [0.3, 0.4) is 0 Å². The summed E-state index contributed by atoms with van der Waals surface area (Å²) in [6.07, 6.45) is 1.05. The quantitative estimate of drug-likeness (QED) is 0.842. The van der Waals surface area contributed by atoms with Gasteiger partial charge in [-0.1, -0.05) is 42.8 Å². The lowest BCUT2D eigenvalue weighted by Gasteiger charge is -2.20. The van der Waals surface area contributed by atoms with E-state index in [1.807, 2.05) is 6.92 Å². The lowest BCUT2D eigenvalue weighted by Crippen LogP contribution is -2.23. The van der Waals surface area contributed by atoms with Crippen molar-refractivity contribution in [2.24, 2.45) is 0 Å². The Morgan fingerprint density at radius 2 is 1.65 bits per heavy atom. The zero-order valence-corrected chi connectivity index (χ0v) is 12.4. The van der Waals surface area contributed by atoms with Crippen molar-refractivity contribution in [1.29, 1.82) is 0 Å². The summed E-state index contributed by atoms with van der Waals surface area (Å²) < 4.78 is 13.7. The van der Waals surface area contributed by atoms with Gasteiger partial charge in [-0.25, -0.2) is 4.39 Å². The molecule has 2 aromatic carbocycles. The van der Waals surface area contributed by atoms with Crippen molar-refractivity contribution in [2.45, 2.75) is 33.2 Å². The van der Waals surface area contributed by atoms with E-state index in [-0.39, 0.29) is 11.9 Å². The minimum absolute atomic E-state index is 0.0462. The summed E-state index contributed by atoms with van der Waals surface area (Å²) >= 11 is 0. The average molecular weight is 271 g/mol. The third-order valence-corrected chi connectivity index (χ3v) is 3.41. The van der Waals surface area contributed by atoms with E-state index >= 15 is 0 Å². The van der Waals surface area contributed by atoms with Crippen molar-refractivity contribution in [3.8, 4) is 0 Å². The number of halogens is 1. The first-order valence-corrected chi connectivity index (χ1v) is 7.17. The molecule has 0 radical (unpaired) electrons. The molecule has 0 aliphatic carbocycles. The summed E-state index contributed by atoms with van der Waals surface area (Å²) in [5.41, 5.74) is 4.35. The highest BCUT2D eigenvalue weighted by Crippen LogP contribution is 2.24. The van der Waals surface area contributed by atoms with Gasteiger partial charge in [0.1, 0.15) is 5.82 Å². The molecule has 0 aliphatic heterocycles. The van der Waals surface area contributed by atoms with Crippen LogP contribution in [0, 0.1) is 19.7 Å². The largest absolute Gasteiger partial charge is 0.306 e. The standard InChI is InChI=1S/C18H22FN/c1-4-9-20-18(15-7-5-13(2)6-8-15)16-10-14(3)11-17(19)12-16/h5-8,10-12,18,20H,4,9H2,1-3H3. The van der Waals surface area contributed by atoms with Gasteiger partial charge < -0.3 is 5.32 Å². The van der Waals surface area contributed by atoms with Crippen LogP contribution in [0.2, 0.25) is 0 Å². The lowest BCUT2D eigenvalue weighted by molar-refractivity contribution is 0.584. The van der Waals surface area contributed by atoms with Crippen molar-refractivity contribution >= 4 is 0 Å². The van der Waals surface area contributed by atoms with Gasteiger partial charge in [0.25, 0.3) is 0 Å². The number of aryl methyl sites for hydroxylation is 2. The van der Waals surface area contributed by atoms with Gasteiger partial charge in [0, 0.05) is 0 Å². The third kappa shape index (κ3) is 3.67. The second kappa shape index (κ2) is 6.67. The van der Waals surface area contributed by atoms with Crippen molar-refractivity contribution < 1.29 is 4.39 Å². The molecule has 2 heteroatoms. The molecule has 106 valence electrons. The Morgan fingerprint density at radius 1 is 0.950 bits per heavy atom. The Balaban J connectivity index is 2.38. The van der Waals surface area contributed by atoms with Crippen molar-refractivity contribution in [2.75, 3.05) is 6.54 Å². The highest BCUT2D eigenvalue weighted by atomic mass is 19.1. The predicted octanol–water partition coefficient (Wildman–Crippen LogP) is 4.53. The molecule has 1 nitrogen and oxygen atoms in total. The van der Waals surface area contributed by atoms with Gasteiger partial charge >= 0.3 is 0 Å². The van der Waals surface area contributed by atoms with Crippen molar-refractivity contribution in [3.63, 3.8) is 0 Å². The molecule has 0 bridgehead atoms. The molecule has 0 aromatic heterocycles. The fourth-order valence-corrected chi connectivity index (χ4v) is 2.41. The fourth-order valence-electron chi connectivity index (χ4n) is 2.41. The number of rotatable bonds is 5. The monoisotopic (exact) mass is 271 g/mol. The summed E-state index contributed by atoms with van der Waals surface area (Å²) in [7, 11) is 0. The van der Waals surface area contributed by atoms with Crippen molar-refractivity contribution in [1.82, 2.24) is 5.32 Å². The SMILES string of the molecule is CCCNC(c1ccc(C)cc1)c1cc(C)cc(F)c1. The first-order valence-electron chi connectivity index (χ1n) is 7.17. The van der Waals surface area contributed by atoms with E-state index in [0.29, 0.717) is 0 Å². The zero-order chi connectivity index (χ0) is 14.5. The molecular formula is C18H22FN. The molecule has 2 aromatic rings. The third-order valence-electron chi connectivity index (χ3n) is 3.41. The van der Waals surface area contributed by atoms with E-state index in [2.05, 4.69) is 49.5 Å². The maximum atomic E-state index is 13.7. The van der Waals surface area contributed by atoms with Crippen LogP contribution in [0.25, 0.3) is 0 Å². The van der Waals surface area contributed by atoms with Crippen LogP contribution in [0.5, 0.6) is 0 Å². The Labute approximate surface area is 120 Å². The molecule has 2 rings (SSSR count). The van der Waals surface area contributed by atoms with Gasteiger partial charge in [0.2, 0.25) is 0 Å². The highest BCUT2D eigenvalue weighted by molar-refractivity contribution is 5.35. The molecule has 1 unspecified atom stereocenters. The van der Waals surface area contributed by atoms with Crippen LogP contribution < -0.4 is 5.32 Å². The average Bonchev–Trinajstić information content (AvgIpc) is 2.40. The van der Waals surface area contributed by atoms with Gasteiger partial charge in [-0.3, -0.25) is 0 Å². The Morgan fingerprint density at radius 3 is 2.25 bits per heavy atom. The summed E-state index contributed by atoms with van der Waals surface area (Å²) in [4.78, 5) is 0. The van der Waals surface area contributed by atoms with E-state index in [9.17, 15) is 4.39 Å². The molecule has 0 saturated carbocycles. The van der Waals surface area contributed by atoms with Gasteiger partial charge in [0.15, 0.2) is 0 Å². The molecule has 20 heavy (non-hydrogen) atoms. The first kappa shape index (κ1) is 14.7. The van der Waals surface area contributed by atoms with Crippen LogP contribution in [0.1, 0.15) is 41.6 Å². The van der Waals surface area contributed by atoms with E-state index in [1.165, 1.54) is 11.1 Å². The van der Waals surface area contributed by atoms with Crippen LogP contribution in [0.15, 0.2) is 42.5 Å². The molecule has 0 aliphatic rings. The van der Waals surface area contributed by atoms with Crippen LogP contribution in [0.4, 0.5) is 4.39 Å². The summed E-state index contributed by atoms with van der Waals surface area (Å²) in [5.74, 6) is -0.171. The molecule has 0 fully saturated rings. The normalized spacial score (nSPS) is 12.4. The molecule has 1 N–H and O–H groups in total. The maximum absolute atomic E-state index is 13.7. The molecule has 1 atom stereocenters. The first-order chi connectivity index (χ1) is 9.60. The lowest BCUT2D eigenvalue weighted by atomic mass is 9.96. The van der Waals surface area contributed by atoms with Gasteiger partial charge in [-0.15, -0.1) is 0 Å². The number of hydrogen-bond acceptors (Lipinski definition) is 1. The molecule has 0 heterocycles. The Hall–Kier alpha value is -1.67. The summed E-state index contributed by atoms with van der Waals surface area (Å²) in [6, 6.07) is 13.7. The minimum Gasteiger partial charge on any atom is -0.306 e. The minimum atomic E-state index is -0.171. The van der Waals surface area contributed by atoms with E-state index in [1.54, 1.807) is 12.1 Å². The van der Waals surface area contributed by atoms with E-state index in [4.69, 9.17) is 0 Å². The van der Waals surface area contributed by atoms with Gasteiger partial charge in [0.05, 0.1) is 6.04 Å². The van der Waals surface area contributed by atoms with E-state index < -0.39 is 0 Å². The van der Waals surface area contributed by atoms with Crippen LogP contribution in [-0.4, -0.2) is 6.54 Å². The molecule has 0 amide bonds. The van der Waals surface area contributed by atoms with Gasteiger partial charge in [-0.2, -0.15) is 0 Å². The Kier molecular flexibility index (Phi) is 4.91. The maximum Gasteiger partial charge on any atom is 0.123 e. The van der Waals surface area contributed by atoms with Crippen LogP contribution >= 0.6 is 0 Å². The number of benzene rings is 2. The summed E-state index contributed by atoms with van der Waals surface area (Å²) in [6.45, 7) is 7.05. The molecule has 0 saturated heterocycles.